The van der Waals surface area contributed by atoms with Gasteiger partial charge in [-0.05, 0) is 43.7 Å². The molecule has 1 aliphatic heterocycles. The zero-order chi connectivity index (χ0) is 13.0. The Morgan fingerprint density at radius 1 is 1.28 bits per heavy atom. The summed E-state index contributed by atoms with van der Waals surface area (Å²) in [7, 11) is 0. The van der Waals surface area contributed by atoms with Crippen molar-refractivity contribution in [1.29, 1.82) is 0 Å². The van der Waals surface area contributed by atoms with E-state index in [0.717, 1.165) is 19.6 Å². The molecule has 0 saturated carbocycles. The average molecular weight is 247 g/mol. The van der Waals surface area contributed by atoms with Crippen molar-refractivity contribution in [3.8, 4) is 0 Å². The van der Waals surface area contributed by atoms with Gasteiger partial charge in [-0.3, -0.25) is 0 Å². The molecule has 1 fully saturated rings. The molecule has 0 radical (unpaired) electrons. The van der Waals surface area contributed by atoms with E-state index in [0.29, 0.717) is 18.0 Å². The molecule has 2 rings (SSSR count). The first-order valence-corrected chi connectivity index (χ1v) is 7.13. The van der Waals surface area contributed by atoms with Crippen LogP contribution in [0.3, 0.4) is 0 Å². The molecule has 1 N–H and O–H groups in total. The van der Waals surface area contributed by atoms with Gasteiger partial charge in [0.15, 0.2) is 0 Å². The third-order valence-electron chi connectivity index (χ3n) is 4.07. The van der Waals surface area contributed by atoms with Crippen LogP contribution in [0.25, 0.3) is 0 Å². The van der Waals surface area contributed by atoms with E-state index in [9.17, 15) is 0 Å². The SMILES string of the molecule is CCc1ccc(C(C)NC(C)C2CCOC2)cc1. The maximum atomic E-state index is 5.46. The Hall–Kier alpha value is -0.860. The fourth-order valence-corrected chi connectivity index (χ4v) is 2.62. The molecular formula is C16H25NO. The highest BCUT2D eigenvalue weighted by atomic mass is 16.5. The number of benzene rings is 1. The summed E-state index contributed by atoms with van der Waals surface area (Å²) in [5, 5.41) is 3.70. The van der Waals surface area contributed by atoms with Crippen molar-refractivity contribution >= 4 is 0 Å². The van der Waals surface area contributed by atoms with Crippen LogP contribution in [0.5, 0.6) is 0 Å². The summed E-state index contributed by atoms with van der Waals surface area (Å²) in [4.78, 5) is 0. The van der Waals surface area contributed by atoms with Gasteiger partial charge in [0.25, 0.3) is 0 Å². The first kappa shape index (κ1) is 13.6. The van der Waals surface area contributed by atoms with Gasteiger partial charge >= 0.3 is 0 Å². The van der Waals surface area contributed by atoms with Gasteiger partial charge in [0, 0.05) is 18.7 Å². The summed E-state index contributed by atoms with van der Waals surface area (Å²) in [6, 6.07) is 9.89. The van der Waals surface area contributed by atoms with Gasteiger partial charge in [0.2, 0.25) is 0 Å². The van der Waals surface area contributed by atoms with Crippen LogP contribution in [0.4, 0.5) is 0 Å². The third kappa shape index (κ3) is 3.33. The fourth-order valence-electron chi connectivity index (χ4n) is 2.62. The van der Waals surface area contributed by atoms with Crippen LogP contribution in [-0.2, 0) is 11.2 Å². The second kappa shape index (κ2) is 6.35. The van der Waals surface area contributed by atoms with Crippen molar-refractivity contribution in [2.45, 2.75) is 45.7 Å². The van der Waals surface area contributed by atoms with E-state index in [1.165, 1.54) is 17.5 Å². The molecular weight excluding hydrogens is 222 g/mol. The van der Waals surface area contributed by atoms with Crippen molar-refractivity contribution in [2.24, 2.45) is 5.92 Å². The zero-order valence-electron chi connectivity index (χ0n) is 11.8. The van der Waals surface area contributed by atoms with Crippen LogP contribution in [0, 0.1) is 5.92 Å². The first-order valence-electron chi connectivity index (χ1n) is 7.13. The van der Waals surface area contributed by atoms with Crippen LogP contribution in [0.2, 0.25) is 0 Å². The van der Waals surface area contributed by atoms with E-state index >= 15 is 0 Å². The van der Waals surface area contributed by atoms with E-state index in [-0.39, 0.29) is 0 Å². The van der Waals surface area contributed by atoms with Gasteiger partial charge in [0.05, 0.1) is 6.61 Å². The summed E-state index contributed by atoms with van der Waals surface area (Å²) >= 11 is 0. The standard InChI is InChI=1S/C16H25NO/c1-4-14-5-7-15(8-6-14)12(2)17-13(3)16-9-10-18-11-16/h5-8,12-13,16-17H,4,9-11H2,1-3H3. The van der Waals surface area contributed by atoms with Crippen molar-refractivity contribution in [1.82, 2.24) is 5.32 Å². The van der Waals surface area contributed by atoms with Crippen LogP contribution >= 0.6 is 0 Å². The highest BCUT2D eigenvalue weighted by Crippen LogP contribution is 2.20. The van der Waals surface area contributed by atoms with Crippen molar-refractivity contribution < 1.29 is 4.74 Å². The van der Waals surface area contributed by atoms with Gasteiger partial charge in [-0.15, -0.1) is 0 Å². The van der Waals surface area contributed by atoms with Gasteiger partial charge in [-0.1, -0.05) is 31.2 Å². The van der Waals surface area contributed by atoms with E-state index < -0.39 is 0 Å². The predicted molar refractivity (Wildman–Crippen MR) is 75.8 cm³/mol. The van der Waals surface area contributed by atoms with Crippen molar-refractivity contribution in [3.05, 3.63) is 35.4 Å². The molecule has 1 aromatic carbocycles. The quantitative estimate of drug-likeness (QED) is 0.862. The number of rotatable bonds is 5. The molecule has 0 aliphatic carbocycles. The molecule has 2 heteroatoms. The minimum atomic E-state index is 0.409. The largest absolute Gasteiger partial charge is 0.381 e. The Labute approximate surface area is 111 Å². The second-order valence-corrected chi connectivity index (χ2v) is 5.40. The molecule has 1 aliphatic rings. The first-order chi connectivity index (χ1) is 8.70. The molecule has 0 aromatic heterocycles. The summed E-state index contributed by atoms with van der Waals surface area (Å²) < 4.78 is 5.46. The van der Waals surface area contributed by atoms with Gasteiger partial charge in [0.1, 0.15) is 0 Å². The topological polar surface area (TPSA) is 21.3 Å². The second-order valence-electron chi connectivity index (χ2n) is 5.40. The number of nitrogens with one attached hydrogen (secondary N) is 1. The lowest BCUT2D eigenvalue weighted by Crippen LogP contribution is -2.35. The maximum Gasteiger partial charge on any atom is 0.0509 e. The highest BCUT2D eigenvalue weighted by Gasteiger charge is 2.23. The average Bonchev–Trinajstić information content (AvgIpc) is 2.92. The van der Waals surface area contributed by atoms with E-state index in [4.69, 9.17) is 4.74 Å². The van der Waals surface area contributed by atoms with Crippen LogP contribution in [0.15, 0.2) is 24.3 Å². The summed E-state index contributed by atoms with van der Waals surface area (Å²) in [6.45, 7) is 8.55. The van der Waals surface area contributed by atoms with Gasteiger partial charge < -0.3 is 10.1 Å². The van der Waals surface area contributed by atoms with Crippen molar-refractivity contribution in [2.75, 3.05) is 13.2 Å². The lowest BCUT2D eigenvalue weighted by Gasteiger charge is -2.24. The Morgan fingerprint density at radius 2 is 2.00 bits per heavy atom. The monoisotopic (exact) mass is 247 g/mol. The maximum absolute atomic E-state index is 5.46. The molecule has 1 heterocycles. The molecule has 3 unspecified atom stereocenters. The van der Waals surface area contributed by atoms with E-state index in [1.54, 1.807) is 0 Å². The van der Waals surface area contributed by atoms with Crippen LogP contribution < -0.4 is 5.32 Å². The molecule has 3 atom stereocenters. The highest BCUT2D eigenvalue weighted by molar-refractivity contribution is 5.24. The Morgan fingerprint density at radius 3 is 2.56 bits per heavy atom. The molecule has 2 nitrogen and oxygen atoms in total. The smallest absolute Gasteiger partial charge is 0.0509 e. The summed E-state index contributed by atoms with van der Waals surface area (Å²) in [5.41, 5.74) is 2.78. The summed E-state index contributed by atoms with van der Waals surface area (Å²) in [6.07, 6.45) is 2.30. The molecule has 0 amide bonds. The Kier molecular flexibility index (Phi) is 4.79. The fraction of sp³-hybridized carbons (Fsp3) is 0.625. The van der Waals surface area contributed by atoms with E-state index in [1.807, 2.05) is 0 Å². The molecule has 18 heavy (non-hydrogen) atoms. The van der Waals surface area contributed by atoms with Gasteiger partial charge in [-0.2, -0.15) is 0 Å². The van der Waals surface area contributed by atoms with Crippen LogP contribution in [0.1, 0.15) is 44.4 Å². The molecule has 0 bridgehead atoms. The minimum Gasteiger partial charge on any atom is -0.381 e. The number of aryl methyl sites for hydroxylation is 1. The Bertz CT molecular complexity index is 354. The normalized spacial score (nSPS) is 22.9. The van der Waals surface area contributed by atoms with Crippen LogP contribution in [-0.4, -0.2) is 19.3 Å². The minimum absolute atomic E-state index is 0.409. The molecule has 0 spiro atoms. The van der Waals surface area contributed by atoms with Gasteiger partial charge in [-0.25, -0.2) is 0 Å². The number of hydrogen-bond donors (Lipinski definition) is 1. The number of ether oxygens (including phenoxy) is 1. The van der Waals surface area contributed by atoms with E-state index in [2.05, 4.69) is 50.4 Å². The zero-order valence-corrected chi connectivity index (χ0v) is 11.8. The lowest BCUT2D eigenvalue weighted by atomic mass is 9.98. The Balaban J connectivity index is 1.91. The lowest BCUT2D eigenvalue weighted by molar-refractivity contribution is 0.177. The summed E-state index contributed by atoms with van der Waals surface area (Å²) in [5.74, 6) is 0.669. The number of hydrogen-bond acceptors (Lipinski definition) is 2. The predicted octanol–water partition coefficient (Wildman–Crippen LogP) is 3.32. The van der Waals surface area contributed by atoms with Crippen molar-refractivity contribution in [3.63, 3.8) is 0 Å². The molecule has 1 aromatic rings. The third-order valence-corrected chi connectivity index (χ3v) is 4.07. The molecule has 1 saturated heterocycles. The molecule has 100 valence electrons.